The fraction of sp³-hybridized carbons (Fsp3) is 0.300. The van der Waals surface area contributed by atoms with Crippen LogP contribution in [0, 0.1) is 25.1 Å². The van der Waals surface area contributed by atoms with E-state index in [1.165, 1.54) is 6.07 Å². The van der Waals surface area contributed by atoms with E-state index in [4.69, 9.17) is 0 Å². The number of halogens is 1. The Kier molecular flexibility index (Phi) is 4.57. The molecule has 1 aliphatic rings. The maximum atomic E-state index is 13.6. The number of rotatable bonds is 5. The molecule has 0 atom stereocenters. The van der Waals surface area contributed by atoms with Gasteiger partial charge in [0.1, 0.15) is 11.2 Å². The van der Waals surface area contributed by atoms with Gasteiger partial charge in [0.2, 0.25) is 11.8 Å². The number of hydrogen-bond donors (Lipinski definition) is 2. The highest BCUT2D eigenvalue weighted by Crippen LogP contribution is 2.47. The van der Waals surface area contributed by atoms with Crippen LogP contribution in [0.4, 0.5) is 10.1 Å². The standard InChI is InChI=1S/C20H21FN2O2/c1-13-7-8-17(14(2)11-13)23-19(25)20(9-10-20)18(24)22-12-15-5-3-4-6-16(15)21/h3-8,11H,9-10,12H2,1-2H3,(H,22,24)(H,23,25). The molecule has 3 rings (SSSR count). The van der Waals surface area contributed by atoms with E-state index in [0.29, 0.717) is 24.1 Å². The summed E-state index contributed by atoms with van der Waals surface area (Å²) in [6.07, 6.45) is 1.01. The average Bonchev–Trinajstić information content (AvgIpc) is 3.38. The van der Waals surface area contributed by atoms with Crippen molar-refractivity contribution < 1.29 is 14.0 Å². The molecular weight excluding hydrogens is 319 g/mol. The van der Waals surface area contributed by atoms with E-state index >= 15 is 0 Å². The molecule has 0 unspecified atom stereocenters. The highest BCUT2D eigenvalue weighted by Gasteiger charge is 2.56. The molecule has 25 heavy (non-hydrogen) atoms. The molecule has 2 amide bonds. The van der Waals surface area contributed by atoms with Gasteiger partial charge in [0, 0.05) is 17.8 Å². The van der Waals surface area contributed by atoms with Crippen LogP contribution < -0.4 is 10.6 Å². The van der Waals surface area contributed by atoms with E-state index in [1.807, 2.05) is 32.0 Å². The van der Waals surface area contributed by atoms with Crippen LogP contribution >= 0.6 is 0 Å². The minimum Gasteiger partial charge on any atom is -0.351 e. The Balaban J connectivity index is 1.65. The quantitative estimate of drug-likeness (QED) is 0.819. The van der Waals surface area contributed by atoms with Gasteiger partial charge in [0.05, 0.1) is 0 Å². The first-order valence-electron chi connectivity index (χ1n) is 8.33. The summed E-state index contributed by atoms with van der Waals surface area (Å²) in [4.78, 5) is 25.1. The van der Waals surface area contributed by atoms with Crippen LogP contribution in [0.3, 0.4) is 0 Å². The zero-order valence-corrected chi connectivity index (χ0v) is 14.4. The Hall–Kier alpha value is -2.69. The van der Waals surface area contributed by atoms with E-state index in [1.54, 1.807) is 18.2 Å². The van der Waals surface area contributed by atoms with Gasteiger partial charge in [-0.15, -0.1) is 0 Å². The van der Waals surface area contributed by atoms with Gasteiger partial charge >= 0.3 is 0 Å². The van der Waals surface area contributed by atoms with Gasteiger partial charge in [-0.3, -0.25) is 9.59 Å². The largest absolute Gasteiger partial charge is 0.351 e. The lowest BCUT2D eigenvalue weighted by molar-refractivity contribution is -0.134. The number of nitrogens with one attached hydrogen (secondary N) is 2. The maximum absolute atomic E-state index is 13.6. The van der Waals surface area contributed by atoms with Crippen LogP contribution in [0.5, 0.6) is 0 Å². The van der Waals surface area contributed by atoms with E-state index in [0.717, 1.165) is 11.1 Å². The number of carbonyl (C=O) groups is 2. The van der Waals surface area contributed by atoms with Crippen molar-refractivity contribution in [2.75, 3.05) is 5.32 Å². The minimum atomic E-state index is -1.04. The third kappa shape index (κ3) is 3.55. The van der Waals surface area contributed by atoms with Gasteiger partial charge in [-0.05, 0) is 44.4 Å². The Morgan fingerprint density at radius 2 is 1.80 bits per heavy atom. The molecule has 4 nitrogen and oxygen atoms in total. The van der Waals surface area contributed by atoms with E-state index < -0.39 is 5.41 Å². The summed E-state index contributed by atoms with van der Waals surface area (Å²) in [6.45, 7) is 3.97. The minimum absolute atomic E-state index is 0.0735. The average molecular weight is 340 g/mol. The fourth-order valence-corrected chi connectivity index (χ4v) is 2.86. The molecule has 2 aromatic rings. The highest BCUT2D eigenvalue weighted by molar-refractivity contribution is 6.13. The second-order valence-corrected chi connectivity index (χ2v) is 6.63. The van der Waals surface area contributed by atoms with Crippen LogP contribution in [0.2, 0.25) is 0 Å². The van der Waals surface area contributed by atoms with Crippen molar-refractivity contribution in [1.82, 2.24) is 5.32 Å². The number of carbonyl (C=O) groups excluding carboxylic acids is 2. The van der Waals surface area contributed by atoms with Crippen LogP contribution in [-0.2, 0) is 16.1 Å². The first-order chi connectivity index (χ1) is 11.9. The third-order valence-corrected chi connectivity index (χ3v) is 4.65. The van der Waals surface area contributed by atoms with Crippen molar-refractivity contribution in [3.05, 3.63) is 65.0 Å². The number of amides is 2. The molecule has 1 aliphatic carbocycles. The second-order valence-electron chi connectivity index (χ2n) is 6.63. The van der Waals surface area contributed by atoms with E-state index in [-0.39, 0.29) is 24.2 Å². The topological polar surface area (TPSA) is 58.2 Å². The molecule has 1 saturated carbocycles. The molecule has 0 bridgehead atoms. The monoisotopic (exact) mass is 340 g/mol. The molecule has 2 aromatic carbocycles. The Morgan fingerprint density at radius 3 is 2.44 bits per heavy atom. The normalized spacial score (nSPS) is 14.7. The van der Waals surface area contributed by atoms with Crippen molar-refractivity contribution >= 4 is 17.5 Å². The number of aryl methyl sites for hydroxylation is 2. The Bertz CT molecular complexity index is 828. The van der Waals surface area contributed by atoms with Crippen molar-refractivity contribution in [3.63, 3.8) is 0 Å². The summed E-state index contributed by atoms with van der Waals surface area (Å²) < 4.78 is 13.6. The summed E-state index contributed by atoms with van der Waals surface area (Å²) in [7, 11) is 0. The first-order valence-corrected chi connectivity index (χ1v) is 8.33. The number of benzene rings is 2. The van der Waals surface area contributed by atoms with Gasteiger partial charge in [0.25, 0.3) is 0 Å². The van der Waals surface area contributed by atoms with Crippen molar-refractivity contribution in [3.8, 4) is 0 Å². The lowest BCUT2D eigenvalue weighted by Crippen LogP contribution is -2.39. The van der Waals surface area contributed by atoms with Gasteiger partial charge < -0.3 is 10.6 Å². The molecule has 2 N–H and O–H groups in total. The molecule has 5 heteroatoms. The van der Waals surface area contributed by atoms with E-state index in [9.17, 15) is 14.0 Å². The Morgan fingerprint density at radius 1 is 1.08 bits per heavy atom. The zero-order valence-electron chi connectivity index (χ0n) is 14.4. The summed E-state index contributed by atoms with van der Waals surface area (Å²) >= 11 is 0. The van der Waals surface area contributed by atoms with Crippen molar-refractivity contribution in [2.45, 2.75) is 33.2 Å². The van der Waals surface area contributed by atoms with Crippen molar-refractivity contribution in [2.24, 2.45) is 5.41 Å². The molecule has 0 spiro atoms. The van der Waals surface area contributed by atoms with Gasteiger partial charge in [0.15, 0.2) is 0 Å². The molecule has 1 fully saturated rings. The second kappa shape index (κ2) is 6.67. The smallest absolute Gasteiger partial charge is 0.240 e. The summed E-state index contributed by atoms with van der Waals surface area (Å²) in [5, 5.41) is 5.55. The lowest BCUT2D eigenvalue weighted by Gasteiger charge is -2.17. The van der Waals surface area contributed by atoms with Gasteiger partial charge in [-0.2, -0.15) is 0 Å². The fourth-order valence-electron chi connectivity index (χ4n) is 2.86. The molecule has 130 valence electrons. The third-order valence-electron chi connectivity index (χ3n) is 4.65. The molecular formula is C20H21FN2O2. The predicted molar refractivity (Wildman–Crippen MR) is 94.5 cm³/mol. The summed E-state index contributed by atoms with van der Waals surface area (Å²) in [5.41, 5.74) is 2.14. The molecule has 0 aliphatic heterocycles. The van der Waals surface area contributed by atoms with Crippen LogP contribution in [-0.4, -0.2) is 11.8 Å². The molecule has 0 aromatic heterocycles. The zero-order chi connectivity index (χ0) is 18.0. The number of anilines is 1. The van der Waals surface area contributed by atoms with Gasteiger partial charge in [-0.25, -0.2) is 4.39 Å². The van der Waals surface area contributed by atoms with E-state index in [2.05, 4.69) is 10.6 Å². The SMILES string of the molecule is Cc1ccc(NC(=O)C2(C(=O)NCc3ccccc3F)CC2)c(C)c1. The number of hydrogen-bond acceptors (Lipinski definition) is 2. The molecule has 0 heterocycles. The van der Waals surface area contributed by atoms with Crippen LogP contribution in [0.25, 0.3) is 0 Å². The molecule has 0 saturated heterocycles. The highest BCUT2D eigenvalue weighted by atomic mass is 19.1. The maximum Gasteiger partial charge on any atom is 0.240 e. The summed E-state index contributed by atoms with van der Waals surface area (Å²) in [5.74, 6) is -1.02. The Labute approximate surface area is 146 Å². The van der Waals surface area contributed by atoms with Crippen LogP contribution in [0.15, 0.2) is 42.5 Å². The first kappa shape index (κ1) is 17.1. The lowest BCUT2D eigenvalue weighted by atomic mass is 10.0. The molecule has 0 radical (unpaired) electrons. The van der Waals surface area contributed by atoms with Crippen LogP contribution in [0.1, 0.15) is 29.5 Å². The van der Waals surface area contributed by atoms with Crippen molar-refractivity contribution in [1.29, 1.82) is 0 Å². The summed E-state index contributed by atoms with van der Waals surface area (Å²) in [6, 6.07) is 12.0. The predicted octanol–water partition coefficient (Wildman–Crippen LogP) is 3.48. The van der Waals surface area contributed by atoms with Gasteiger partial charge in [-0.1, -0.05) is 35.9 Å².